The lowest BCUT2D eigenvalue weighted by Gasteiger charge is -2.38. The van der Waals surface area contributed by atoms with E-state index in [2.05, 4.69) is 29.0 Å². The van der Waals surface area contributed by atoms with Crippen molar-refractivity contribution in [1.29, 1.82) is 0 Å². The molecule has 0 aromatic carbocycles. The van der Waals surface area contributed by atoms with Crippen molar-refractivity contribution < 1.29 is 4.79 Å². The lowest BCUT2D eigenvalue weighted by atomic mass is 10.1. The summed E-state index contributed by atoms with van der Waals surface area (Å²) in [4.78, 5) is 17.0. The van der Waals surface area contributed by atoms with Crippen molar-refractivity contribution in [3.63, 3.8) is 0 Å². The molecule has 1 amide bonds. The van der Waals surface area contributed by atoms with E-state index in [1.54, 1.807) is 0 Å². The van der Waals surface area contributed by atoms with Gasteiger partial charge in [-0.25, -0.2) is 0 Å². The standard InChI is InChI=1S/C14H27N3O.2ClH/c1-12-11-15-7-10-17(12)14(18)13(2)16-8-5-3-4-6-9-16;;/h12-13,15H,3-11H2,1-2H3;2*1H. The van der Waals surface area contributed by atoms with Gasteiger partial charge >= 0.3 is 0 Å². The van der Waals surface area contributed by atoms with Gasteiger partial charge in [0.25, 0.3) is 0 Å². The Balaban J connectivity index is 0.00000180. The molecule has 0 aromatic heterocycles. The van der Waals surface area contributed by atoms with Crippen LogP contribution in [0.15, 0.2) is 0 Å². The fraction of sp³-hybridized carbons (Fsp3) is 0.929. The normalized spacial score (nSPS) is 25.9. The zero-order valence-electron chi connectivity index (χ0n) is 12.6. The highest BCUT2D eigenvalue weighted by atomic mass is 35.5. The number of hydrogen-bond acceptors (Lipinski definition) is 3. The predicted molar refractivity (Wildman–Crippen MR) is 88.0 cm³/mol. The number of nitrogens with one attached hydrogen (secondary N) is 1. The molecule has 2 atom stereocenters. The molecule has 4 nitrogen and oxygen atoms in total. The molecule has 0 saturated carbocycles. The van der Waals surface area contributed by atoms with Crippen LogP contribution < -0.4 is 5.32 Å². The zero-order valence-corrected chi connectivity index (χ0v) is 14.3. The molecule has 20 heavy (non-hydrogen) atoms. The van der Waals surface area contributed by atoms with Crippen LogP contribution in [0.5, 0.6) is 0 Å². The van der Waals surface area contributed by atoms with Crippen LogP contribution in [0.4, 0.5) is 0 Å². The maximum atomic E-state index is 12.6. The van der Waals surface area contributed by atoms with E-state index in [-0.39, 0.29) is 30.9 Å². The molecule has 2 saturated heterocycles. The third kappa shape index (κ3) is 5.06. The van der Waals surface area contributed by atoms with Crippen molar-refractivity contribution >= 4 is 30.7 Å². The van der Waals surface area contributed by atoms with Gasteiger partial charge in [0.05, 0.1) is 6.04 Å². The quantitative estimate of drug-likeness (QED) is 0.842. The highest BCUT2D eigenvalue weighted by Gasteiger charge is 2.30. The molecule has 0 aromatic rings. The smallest absolute Gasteiger partial charge is 0.239 e. The molecule has 2 unspecified atom stereocenters. The molecule has 2 aliphatic rings. The van der Waals surface area contributed by atoms with Gasteiger partial charge in [0, 0.05) is 25.7 Å². The van der Waals surface area contributed by atoms with Crippen LogP contribution in [-0.2, 0) is 4.79 Å². The van der Waals surface area contributed by atoms with Gasteiger partial charge in [0.2, 0.25) is 5.91 Å². The number of piperazine rings is 1. The largest absolute Gasteiger partial charge is 0.336 e. The predicted octanol–water partition coefficient (Wildman–Crippen LogP) is 1.91. The molecule has 2 rings (SSSR count). The number of carbonyl (C=O) groups is 1. The maximum Gasteiger partial charge on any atom is 0.239 e. The van der Waals surface area contributed by atoms with Crippen LogP contribution in [0.3, 0.4) is 0 Å². The van der Waals surface area contributed by atoms with Crippen LogP contribution in [-0.4, -0.2) is 60.5 Å². The first-order valence-corrected chi connectivity index (χ1v) is 7.45. The summed E-state index contributed by atoms with van der Waals surface area (Å²) in [5.41, 5.74) is 0. The molecule has 0 spiro atoms. The van der Waals surface area contributed by atoms with Crippen LogP contribution >= 0.6 is 24.8 Å². The monoisotopic (exact) mass is 325 g/mol. The van der Waals surface area contributed by atoms with Crippen molar-refractivity contribution in [1.82, 2.24) is 15.1 Å². The number of halogens is 2. The minimum Gasteiger partial charge on any atom is -0.336 e. The fourth-order valence-electron chi connectivity index (χ4n) is 3.05. The highest BCUT2D eigenvalue weighted by molar-refractivity contribution is 5.85. The highest BCUT2D eigenvalue weighted by Crippen LogP contribution is 2.15. The molecular weight excluding hydrogens is 297 g/mol. The molecular formula is C14H29Cl2N3O. The summed E-state index contributed by atoms with van der Waals surface area (Å²) < 4.78 is 0. The Morgan fingerprint density at radius 1 is 1.10 bits per heavy atom. The lowest BCUT2D eigenvalue weighted by Crippen LogP contribution is -2.57. The summed E-state index contributed by atoms with van der Waals surface area (Å²) in [5, 5.41) is 3.34. The van der Waals surface area contributed by atoms with Gasteiger partial charge in [-0.3, -0.25) is 9.69 Å². The first-order valence-electron chi connectivity index (χ1n) is 7.45. The molecule has 6 heteroatoms. The van der Waals surface area contributed by atoms with Crippen molar-refractivity contribution in [3.8, 4) is 0 Å². The van der Waals surface area contributed by atoms with E-state index in [4.69, 9.17) is 0 Å². The summed E-state index contributed by atoms with van der Waals surface area (Å²) in [5.74, 6) is 0.325. The van der Waals surface area contributed by atoms with E-state index in [1.807, 2.05) is 0 Å². The summed E-state index contributed by atoms with van der Waals surface area (Å²) in [7, 11) is 0. The minimum atomic E-state index is 0. The molecule has 0 aliphatic carbocycles. The van der Waals surface area contributed by atoms with E-state index in [1.165, 1.54) is 25.7 Å². The van der Waals surface area contributed by atoms with Gasteiger partial charge in [-0.15, -0.1) is 24.8 Å². The van der Waals surface area contributed by atoms with E-state index in [0.29, 0.717) is 11.9 Å². The maximum absolute atomic E-state index is 12.6. The second-order valence-electron chi connectivity index (χ2n) is 5.71. The zero-order chi connectivity index (χ0) is 13.0. The van der Waals surface area contributed by atoms with E-state index < -0.39 is 0 Å². The number of carbonyl (C=O) groups excluding carboxylic acids is 1. The van der Waals surface area contributed by atoms with Gasteiger partial charge < -0.3 is 10.2 Å². The summed E-state index contributed by atoms with van der Waals surface area (Å²) in [6.45, 7) is 9.13. The molecule has 0 radical (unpaired) electrons. The van der Waals surface area contributed by atoms with Crippen LogP contribution in [0.2, 0.25) is 0 Å². The van der Waals surface area contributed by atoms with E-state index in [0.717, 1.165) is 32.7 Å². The van der Waals surface area contributed by atoms with Crippen molar-refractivity contribution in [2.75, 3.05) is 32.7 Å². The van der Waals surface area contributed by atoms with Gasteiger partial charge in [0.15, 0.2) is 0 Å². The van der Waals surface area contributed by atoms with Crippen LogP contribution in [0.25, 0.3) is 0 Å². The Kier molecular flexibility index (Phi) is 9.81. The Labute approximate surface area is 135 Å². The first-order chi connectivity index (χ1) is 8.70. The lowest BCUT2D eigenvalue weighted by molar-refractivity contribution is -0.139. The van der Waals surface area contributed by atoms with E-state index in [9.17, 15) is 4.79 Å². The molecule has 0 bridgehead atoms. The fourth-order valence-corrected chi connectivity index (χ4v) is 3.05. The van der Waals surface area contributed by atoms with Crippen molar-refractivity contribution in [2.24, 2.45) is 0 Å². The third-order valence-corrected chi connectivity index (χ3v) is 4.33. The van der Waals surface area contributed by atoms with E-state index >= 15 is 0 Å². The number of hydrogen-bond donors (Lipinski definition) is 1. The van der Waals surface area contributed by atoms with Crippen LogP contribution in [0.1, 0.15) is 39.5 Å². The number of amides is 1. The minimum absolute atomic E-state index is 0. The van der Waals surface area contributed by atoms with Gasteiger partial charge in [-0.2, -0.15) is 0 Å². The molecule has 1 N–H and O–H groups in total. The Morgan fingerprint density at radius 3 is 2.25 bits per heavy atom. The van der Waals surface area contributed by atoms with Gasteiger partial charge in [0.1, 0.15) is 0 Å². The average Bonchev–Trinajstić information content (AvgIpc) is 2.66. The van der Waals surface area contributed by atoms with Crippen molar-refractivity contribution in [3.05, 3.63) is 0 Å². The summed E-state index contributed by atoms with van der Waals surface area (Å²) in [6, 6.07) is 0.393. The first kappa shape index (κ1) is 20.0. The third-order valence-electron chi connectivity index (χ3n) is 4.33. The number of rotatable bonds is 2. The van der Waals surface area contributed by atoms with Crippen LogP contribution in [0, 0.1) is 0 Å². The Morgan fingerprint density at radius 2 is 1.70 bits per heavy atom. The molecule has 2 heterocycles. The summed E-state index contributed by atoms with van der Waals surface area (Å²) in [6.07, 6.45) is 5.13. The number of nitrogens with zero attached hydrogens (tertiary/aromatic N) is 2. The summed E-state index contributed by atoms with van der Waals surface area (Å²) >= 11 is 0. The number of likely N-dealkylation sites (tertiary alicyclic amines) is 1. The topological polar surface area (TPSA) is 35.6 Å². The van der Waals surface area contributed by atoms with Gasteiger partial charge in [-0.05, 0) is 39.8 Å². The van der Waals surface area contributed by atoms with Gasteiger partial charge in [-0.1, -0.05) is 12.8 Å². The second kappa shape index (κ2) is 9.82. The Hall–Kier alpha value is -0.0300. The average molecular weight is 326 g/mol. The SMILES string of the molecule is CC(C(=O)N1CCNCC1C)N1CCCCCC1.Cl.Cl. The molecule has 2 fully saturated rings. The van der Waals surface area contributed by atoms with Crippen molar-refractivity contribution in [2.45, 2.75) is 51.6 Å². The Bertz CT molecular complexity index is 284. The second-order valence-corrected chi connectivity index (χ2v) is 5.71. The molecule has 2 aliphatic heterocycles. The molecule has 120 valence electrons.